The van der Waals surface area contributed by atoms with Crippen molar-refractivity contribution in [1.82, 2.24) is 15.2 Å². The number of hydrogen-bond acceptors (Lipinski definition) is 7. The summed E-state index contributed by atoms with van der Waals surface area (Å²) in [6, 6.07) is 13.6. The Morgan fingerprint density at radius 2 is 1.67 bits per heavy atom. The number of rotatable bonds is 8. The van der Waals surface area contributed by atoms with Gasteiger partial charge in [0, 0.05) is 38.3 Å². The molecule has 3 rings (SSSR count). The van der Waals surface area contributed by atoms with Crippen molar-refractivity contribution in [3.63, 3.8) is 0 Å². The van der Waals surface area contributed by atoms with E-state index in [1.54, 1.807) is 12.1 Å². The standard InChI is InChI=1S/C22H28N4O4/c1-29-19-12-18(13-20(30-2)22(19)28)14-23-24-21(27)16-26-10-8-25(9-11-26)15-17-6-4-3-5-7-17/h3-7,12-14,28H,8-11,15-16H2,1-2H3,(H,24,27). The van der Waals surface area contributed by atoms with Gasteiger partial charge in [-0.25, -0.2) is 5.43 Å². The normalized spacial score (nSPS) is 15.3. The Kier molecular flexibility index (Phi) is 7.64. The van der Waals surface area contributed by atoms with Crippen LogP contribution in [0.4, 0.5) is 0 Å². The number of benzene rings is 2. The van der Waals surface area contributed by atoms with Crippen LogP contribution < -0.4 is 14.9 Å². The van der Waals surface area contributed by atoms with E-state index in [0.717, 1.165) is 32.7 Å². The van der Waals surface area contributed by atoms with Gasteiger partial charge < -0.3 is 14.6 Å². The van der Waals surface area contributed by atoms with Crippen LogP contribution in [0.2, 0.25) is 0 Å². The number of nitrogens with zero attached hydrogens (tertiary/aromatic N) is 3. The summed E-state index contributed by atoms with van der Waals surface area (Å²) in [4.78, 5) is 16.7. The SMILES string of the molecule is COc1cc(C=NNC(=O)CN2CCN(Cc3ccccc3)CC2)cc(OC)c1O. The van der Waals surface area contributed by atoms with Crippen molar-refractivity contribution in [1.29, 1.82) is 0 Å². The fourth-order valence-corrected chi connectivity index (χ4v) is 3.35. The van der Waals surface area contributed by atoms with E-state index < -0.39 is 0 Å². The number of phenolic OH excluding ortho intramolecular Hbond substituents is 1. The molecule has 30 heavy (non-hydrogen) atoms. The molecule has 0 saturated carbocycles. The van der Waals surface area contributed by atoms with Gasteiger partial charge in [-0.15, -0.1) is 0 Å². The molecular formula is C22H28N4O4. The van der Waals surface area contributed by atoms with Crippen LogP contribution in [0.25, 0.3) is 0 Å². The third-order valence-corrected chi connectivity index (χ3v) is 4.99. The zero-order valence-corrected chi connectivity index (χ0v) is 17.4. The van der Waals surface area contributed by atoms with E-state index in [9.17, 15) is 9.90 Å². The van der Waals surface area contributed by atoms with E-state index in [4.69, 9.17) is 9.47 Å². The number of hydrogen-bond donors (Lipinski definition) is 2. The van der Waals surface area contributed by atoms with Gasteiger partial charge in [0.15, 0.2) is 11.5 Å². The van der Waals surface area contributed by atoms with E-state index >= 15 is 0 Å². The van der Waals surface area contributed by atoms with Crippen LogP contribution in [-0.4, -0.2) is 74.0 Å². The summed E-state index contributed by atoms with van der Waals surface area (Å²) in [5, 5.41) is 13.9. The molecule has 0 aromatic heterocycles. The van der Waals surface area contributed by atoms with E-state index in [2.05, 4.69) is 44.6 Å². The molecule has 1 saturated heterocycles. The number of piperazine rings is 1. The summed E-state index contributed by atoms with van der Waals surface area (Å²) < 4.78 is 10.2. The zero-order chi connectivity index (χ0) is 21.3. The van der Waals surface area contributed by atoms with Crippen LogP contribution in [0.3, 0.4) is 0 Å². The quantitative estimate of drug-likeness (QED) is 0.507. The van der Waals surface area contributed by atoms with Gasteiger partial charge in [-0.05, 0) is 17.7 Å². The number of phenols is 1. The van der Waals surface area contributed by atoms with Crippen molar-refractivity contribution < 1.29 is 19.4 Å². The largest absolute Gasteiger partial charge is 0.502 e. The molecule has 1 aliphatic rings. The summed E-state index contributed by atoms with van der Waals surface area (Å²) in [7, 11) is 2.91. The number of methoxy groups -OCH3 is 2. The van der Waals surface area contributed by atoms with Crippen molar-refractivity contribution in [2.45, 2.75) is 6.54 Å². The molecule has 1 amide bonds. The van der Waals surface area contributed by atoms with Crippen LogP contribution >= 0.6 is 0 Å². The number of nitrogens with one attached hydrogen (secondary N) is 1. The van der Waals surface area contributed by atoms with Crippen molar-refractivity contribution in [3.8, 4) is 17.2 Å². The van der Waals surface area contributed by atoms with Gasteiger partial charge in [0.1, 0.15) is 0 Å². The van der Waals surface area contributed by atoms with Crippen LogP contribution in [0.1, 0.15) is 11.1 Å². The first-order valence-corrected chi connectivity index (χ1v) is 9.84. The third kappa shape index (κ3) is 5.95. The molecule has 1 fully saturated rings. The summed E-state index contributed by atoms with van der Waals surface area (Å²) in [5.41, 5.74) is 4.49. The lowest BCUT2D eigenvalue weighted by Crippen LogP contribution is -2.48. The van der Waals surface area contributed by atoms with Crippen LogP contribution in [0.15, 0.2) is 47.6 Å². The second-order valence-corrected chi connectivity index (χ2v) is 7.11. The van der Waals surface area contributed by atoms with Gasteiger partial charge in [-0.1, -0.05) is 30.3 Å². The lowest BCUT2D eigenvalue weighted by Gasteiger charge is -2.34. The predicted molar refractivity (Wildman–Crippen MR) is 115 cm³/mol. The Labute approximate surface area is 176 Å². The number of amides is 1. The molecule has 0 spiro atoms. The highest BCUT2D eigenvalue weighted by Crippen LogP contribution is 2.36. The van der Waals surface area contributed by atoms with E-state index in [1.807, 2.05) is 6.07 Å². The average Bonchev–Trinajstić information content (AvgIpc) is 2.76. The summed E-state index contributed by atoms with van der Waals surface area (Å²) in [6.45, 7) is 4.78. The average molecular weight is 412 g/mol. The molecule has 0 radical (unpaired) electrons. The van der Waals surface area contributed by atoms with Crippen molar-refractivity contribution >= 4 is 12.1 Å². The monoisotopic (exact) mass is 412 g/mol. The number of carbonyl (C=O) groups excluding carboxylic acids is 1. The second kappa shape index (κ2) is 10.6. The number of carbonyl (C=O) groups is 1. The molecule has 1 heterocycles. The first-order chi connectivity index (χ1) is 14.6. The zero-order valence-electron chi connectivity index (χ0n) is 17.4. The predicted octanol–water partition coefficient (Wildman–Crippen LogP) is 1.68. The molecule has 8 nitrogen and oxygen atoms in total. The van der Waals surface area contributed by atoms with Crippen LogP contribution in [-0.2, 0) is 11.3 Å². The minimum Gasteiger partial charge on any atom is -0.502 e. The van der Waals surface area contributed by atoms with E-state index in [1.165, 1.54) is 26.0 Å². The van der Waals surface area contributed by atoms with Crippen molar-refractivity contribution in [2.24, 2.45) is 5.10 Å². The second-order valence-electron chi connectivity index (χ2n) is 7.11. The summed E-state index contributed by atoms with van der Waals surface area (Å²) >= 11 is 0. The first-order valence-electron chi connectivity index (χ1n) is 9.84. The number of hydrazone groups is 1. The lowest BCUT2D eigenvalue weighted by molar-refractivity contribution is -0.122. The van der Waals surface area contributed by atoms with Gasteiger partial charge in [-0.2, -0.15) is 5.10 Å². The Bertz CT molecular complexity index is 840. The number of aromatic hydroxyl groups is 1. The van der Waals surface area contributed by atoms with Gasteiger partial charge in [0.25, 0.3) is 5.91 Å². The first kappa shape index (κ1) is 21.6. The smallest absolute Gasteiger partial charge is 0.254 e. The maximum Gasteiger partial charge on any atom is 0.254 e. The maximum absolute atomic E-state index is 12.2. The Hall–Kier alpha value is -3.10. The third-order valence-electron chi connectivity index (χ3n) is 4.99. The van der Waals surface area contributed by atoms with Gasteiger partial charge in [0.2, 0.25) is 5.75 Å². The highest BCUT2D eigenvalue weighted by atomic mass is 16.5. The fourth-order valence-electron chi connectivity index (χ4n) is 3.35. The molecular weight excluding hydrogens is 384 g/mol. The molecule has 0 bridgehead atoms. The molecule has 0 aliphatic carbocycles. The molecule has 2 aromatic carbocycles. The molecule has 2 N–H and O–H groups in total. The van der Waals surface area contributed by atoms with Gasteiger partial charge in [0.05, 0.1) is 27.0 Å². The summed E-state index contributed by atoms with van der Waals surface area (Å²) in [6.07, 6.45) is 1.49. The van der Waals surface area contributed by atoms with Gasteiger partial charge in [-0.3, -0.25) is 14.6 Å². The summed E-state index contributed by atoms with van der Waals surface area (Å²) in [5.74, 6) is 0.305. The molecule has 0 atom stereocenters. The molecule has 8 heteroatoms. The van der Waals surface area contributed by atoms with E-state index in [0.29, 0.717) is 12.1 Å². The van der Waals surface area contributed by atoms with E-state index in [-0.39, 0.29) is 23.2 Å². The fraction of sp³-hybridized carbons (Fsp3) is 0.364. The maximum atomic E-state index is 12.2. The number of ether oxygens (including phenoxy) is 2. The van der Waals surface area contributed by atoms with Crippen molar-refractivity contribution in [3.05, 3.63) is 53.6 Å². The molecule has 160 valence electrons. The Morgan fingerprint density at radius 1 is 1.07 bits per heavy atom. The Balaban J connectivity index is 1.44. The molecule has 0 unspecified atom stereocenters. The molecule has 2 aromatic rings. The Morgan fingerprint density at radius 3 is 2.27 bits per heavy atom. The van der Waals surface area contributed by atoms with Crippen LogP contribution in [0, 0.1) is 0 Å². The van der Waals surface area contributed by atoms with Crippen LogP contribution in [0.5, 0.6) is 17.2 Å². The topological polar surface area (TPSA) is 86.6 Å². The molecule has 1 aliphatic heterocycles. The minimum atomic E-state index is -0.166. The highest BCUT2D eigenvalue weighted by Gasteiger charge is 2.18. The highest BCUT2D eigenvalue weighted by molar-refractivity contribution is 5.84. The van der Waals surface area contributed by atoms with Crippen molar-refractivity contribution in [2.75, 3.05) is 46.9 Å². The minimum absolute atomic E-state index is 0.0763. The lowest BCUT2D eigenvalue weighted by atomic mass is 10.2. The van der Waals surface area contributed by atoms with Gasteiger partial charge >= 0.3 is 0 Å².